The second-order valence-corrected chi connectivity index (χ2v) is 8.12. The topological polar surface area (TPSA) is 28.2 Å². The van der Waals surface area contributed by atoms with E-state index in [2.05, 4.69) is 17.1 Å². The first kappa shape index (κ1) is 14.0. The van der Waals surface area contributed by atoms with Crippen molar-refractivity contribution in [3.63, 3.8) is 0 Å². The highest BCUT2D eigenvalue weighted by atomic mass is 32.1. The second-order valence-electron chi connectivity index (χ2n) is 7.06. The molecule has 116 valence electrons. The zero-order valence-electron chi connectivity index (χ0n) is 13.1. The number of rotatable bonds is 4. The molecule has 4 heteroatoms. The average molecular weight is 305 g/mol. The lowest BCUT2D eigenvalue weighted by Crippen LogP contribution is -2.26. The van der Waals surface area contributed by atoms with Crippen LogP contribution in [0.3, 0.4) is 0 Å². The summed E-state index contributed by atoms with van der Waals surface area (Å²) in [6.07, 6.45) is 9.40. The highest BCUT2D eigenvalue weighted by molar-refractivity contribution is 7.15. The van der Waals surface area contributed by atoms with E-state index in [4.69, 9.17) is 4.98 Å². The van der Waals surface area contributed by atoms with E-state index in [9.17, 15) is 0 Å². The Hall–Kier alpha value is -0.610. The van der Waals surface area contributed by atoms with Crippen LogP contribution in [0.25, 0.3) is 0 Å². The average Bonchev–Trinajstić information content (AvgIpc) is 3.17. The zero-order chi connectivity index (χ0) is 14.2. The molecule has 3 aliphatic rings. The predicted molar refractivity (Wildman–Crippen MR) is 89.1 cm³/mol. The van der Waals surface area contributed by atoms with Crippen molar-refractivity contribution in [1.29, 1.82) is 0 Å². The third-order valence-corrected chi connectivity index (χ3v) is 6.77. The number of thiazole rings is 1. The summed E-state index contributed by atoms with van der Waals surface area (Å²) in [5.41, 5.74) is 1.38. The van der Waals surface area contributed by atoms with Gasteiger partial charge in [-0.1, -0.05) is 13.3 Å². The molecule has 3 atom stereocenters. The molecule has 3 unspecified atom stereocenters. The summed E-state index contributed by atoms with van der Waals surface area (Å²) >= 11 is 1.98. The number of aryl methyl sites for hydroxylation is 1. The standard InChI is InChI=1S/C17H27N3S/c1-2-9-18-14-7-4-8-15-16(14)19-17(21-15)20-10-12-5-3-6-13(12)11-20/h12-14,18H,2-11H2,1H3. The van der Waals surface area contributed by atoms with Gasteiger partial charge in [0, 0.05) is 18.0 Å². The molecule has 1 saturated heterocycles. The first-order chi connectivity index (χ1) is 10.3. The predicted octanol–water partition coefficient (Wildman–Crippen LogP) is 3.76. The van der Waals surface area contributed by atoms with Gasteiger partial charge in [0.2, 0.25) is 0 Å². The van der Waals surface area contributed by atoms with E-state index >= 15 is 0 Å². The number of hydrogen-bond acceptors (Lipinski definition) is 4. The zero-order valence-corrected chi connectivity index (χ0v) is 13.9. The Bertz CT molecular complexity index is 486. The number of aromatic nitrogens is 1. The molecule has 0 spiro atoms. The van der Waals surface area contributed by atoms with Crippen LogP contribution in [0, 0.1) is 11.8 Å². The lowest BCUT2D eigenvalue weighted by atomic mass is 9.97. The van der Waals surface area contributed by atoms with Crippen molar-refractivity contribution >= 4 is 16.5 Å². The number of anilines is 1. The summed E-state index contributed by atoms with van der Waals surface area (Å²) in [6.45, 7) is 5.89. The maximum atomic E-state index is 5.08. The van der Waals surface area contributed by atoms with Gasteiger partial charge in [-0.2, -0.15) is 0 Å². The molecule has 21 heavy (non-hydrogen) atoms. The number of hydrogen-bond donors (Lipinski definition) is 1. The van der Waals surface area contributed by atoms with Crippen molar-refractivity contribution in [2.24, 2.45) is 11.8 Å². The Morgan fingerprint density at radius 2 is 2.00 bits per heavy atom. The second kappa shape index (κ2) is 5.88. The van der Waals surface area contributed by atoms with Gasteiger partial charge < -0.3 is 10.2 Å². The number of nitrogens with one attached hydrogen (secondary N) is 1. The van der Waals surface area contributed by atoms with Crippen molar-refractivity contribution in [3.05, 3.63) is 10.6 Å². The fraction of sp³-hybridized carbons (Fsp3) is 0.824. The van der Waals surface area contributed by atoms with Gasteiger partial charge in [-0.05, 0) is 56.9 Å². The summed E-state index contributed by atoms with van der Waals surface area (Å²) < 4.78 is 0. The SMILES string of the molecule is CCCNC1CCCc2sc(N3CC4CCCC4C3)nc21. The molecular weight excluding hydrogens is 278 g/mol. The van der Waals surface area contributed by atoms with Crippen molar-refractivity contribution in [3.8, 4) is 0 Å². The molecule has 0 radical (unpaired) electrons. The summed E-state index contributed by atoms with van der Waals surface area (Å²) in [5, 5.41) is 5.02. The van der Waals surface area contributed by atoms with Gasteiger partial charge >= 0.3 is 0 Å². The molecule has 0 bridgehead atoms. The van der Waals surface area contributed by atoms with Gasteiger partial charge in [0.15, 0.2) is 5.13 Å². The van der Waals surface area contributed by atoms with E-state index in [1.807, 2.05) is 11.3 Å². The molecule has 3 nitrogen and oxygen atoms in total. The Morgan fingerprint density at radius 1 is 1.19 bits per heavy atom. The summed E-state index contributed by atoms with van der Waals surface area (Å²) in [7, 11) is 0. The van der Waals surface area contributed by atoms with Crippen LogP contribution >= 0.6 is 11.3 Å². The van der Waals surface area contributed by atoms with Crippen LogP contribution in [-0.4, -0.2) is 24.6 Å². The molecule has 0 amide bonds. The molecule has 2 fully saturated rings. The molecule has 0 aromatic carbocycles. The Morgan fingerprint density at radius 3 is 2.76 bits per heavy atom. The van der Waals surface area contributed by atoms with Crippen LogP contribution in [0.1, 0.15) is 62.1 Å². The maximum Gasteiger partial charge on any atom is 0.185 e. The van der Waals surface area contributed by atoms with Crippen LogP contribution in [0.2, 0.25) is 0 Å². The van der Waals surface area contributed by atoms with E-state index < -0.39 is 0 Å². The summed E-state index contributed by atoms with van der Waals surface area (Å²) in [6, 6.07) is 0.515. The van der Waals surface area contributed by atoms with Crippen molar-refractivity contribution in [2.45, 2.75) is 57.9 Å². The Labute approximate surface area is 132 Å². The molecule has 1 N–H and O–H groups in total. The van der Waals surface area contributed by atoms with Gasteiger partial charge in [-0.15, -0.1) is 11.3 Å². The lowest BCUT2D eigenvalue weighted by molar-refractivity contribution is 0.454. The van der Waals surface area contributed by atoms with E-state index in [0.717, 1.165) is 18.4 Å². The van der Waals surface area contributed by atoms with E-state index in [1.165, 1.54) is 68.9 Å². The van der Waals surface area contributed by atoms with Crippen LogP contribution in [0.4, 0.5) is 5.13 Å². The highest BCUT2D eigenvalue weighted by Gasteiger charge is 2.37. The van der Waals surface area contributed by atoms with Gasteiger partial charge in [0.1, 0.15) is 0 Å². The largest absolute Gasteiger partial charge is 0.348 e. The smallest absolute Gasteiger partial charge is 0.185 e. The monoisotopic (exact) mass is 305 g/mol. The minimum absolute atomic E-state index is 0.515. The fourth-order valence-corrected chi connectivity index (χ4v) is 5.63. The quantitative estimate of drug-likeness (QED) is 0.918. The number of nitrogens with zero attached hydrogens (tertiary/aromatic N) is 2. The normalized spacial score (nSPS) is 31.5. The third-order valence-electron chi connectivity index (χ3n) is 5.58. The molecule has 2 aliphatic carbocycles. The Balaban J connectivity index is 1.51. The van der Waals surface area contributed by atoms with Crippen LogP contribution in [-0.2, 0) is 6.42 Å². The molecule has 1 aromatic rings. The van der Waals surface area contributed by atoms with Gasteiger partial charge in [0.05, 0.1) is 11.7 Å². The molecule has 1 aromatic heterocycles. The van der Waals surface area contributed by atoms with Crippen LogP contribution in [0.15, 0.2) is 0 Å². The molecule has 2 heterocycles. The molecule has 1 aliphatic heterocycles. The van der Waals surface area contributed by atoms with E-state index in [-0.39, 0.29) is 0 Å². The van der Waals surface area contributed by atoms with Gasteiger partial charge in [0.25, 0.3) is 0 Å². The van der Waals surface area contributed by atoms with Crippen molar-refractivity contribution in [1.82, 2.24) is 10.3 Å². The van der Waals surface area contributed by atoms with Crippen molar-refractivity contribution in [2.75, 3.05) is 24.5 Å². The fourth-order valence-electron chi connectivity index (χ4n) is 4.45. The Kier molecular flexibility index (Phi) is 3.92. The minimum atomic E-state index is 0.515. The summed E-state index contributed by atoms with van der Waals surface area (Å²) in [4.78, 5) is 9.23. The molecular formula is C17H27N3S. The third kappa shape index (κ3) is 2.61. The van der Waals surface area contributed by atoms with Crippen LogP contribution < -0.4 is 10.2 Å². The van der Waals surface area contributed by atoms with Crippen molar-refractivity contribution < 1.29 is 0 Å². The first-order valence-corrected chi connectivity index (χ1v) is 9.64. The number of fused-ring (bicyclic) bond motifs is 2. The lowest BCUT2D eigenvalue weighted by Gasteiger charge is -2.22. The van der Waals surface area contributed by atoms with Gasteiger partial charge in [-0.25, -0.2) is 4.98 Å². The van der Waals surface area contributed by atoms with E-state index in [1.54, 1.807) is 4.88 Å². The highest BCUT2D eigenvalue weighted by Crippen LogP contribution is 2.43. The maximum absolute atomic E-state index is 5.08. The first-order valence-electron chi connectivity index (χ1n) is 8.83. The molecule has 1 saturated carbocycles. The van der Waals surface area contributed by atoms with Crippen LogP contribution in [0.5, 0.6) is 0 Å². The summed E-state index contributed by atoms with van der Waals surface area (Å²) in [5.74, 6) is 1.92. The molecule has 4 rings (SSSR count). The minimum Gasteiger partial charge on any atom is -0.348 e. The van der Waals surface area contributed by atoms with E-state index in [0.29, 0.717) is 6.04 Å². The van der Waals surface area contributed by atoms with Gasteiger partial charge in [-0.3, -0.25) is 0 Å².